The van der Waals surface area contributed by atoms with Crippen LogP contribution in [0.15, 0.2) is 24.3 Å². The molecule has 2 heteroatoms. The highest BCUT2D eigenvalue weighted by atomic mass is 16.5. The normalized spacial score (nSPS) is 15.4. The lowest BCUT2D eigenvalue weighted by Crippen LogP contribution is -2.19. The summed E-state index contributed by atoms with van der Waals surface area (Å²) in [6.07, 6.45) is 4.05. The van der Waals surface area contributed by atoms with Crippen molar-refractivity contribution in [1.29, 1.82) is 0 Å². The second kappa shape index (κ2) is 5.35. The molecule has 0 atom stereocenters. The highest BCUT2D eigenvalue weighted by molar-refractivity contribution is 5.28. The van der Waals surface area contributed by atoms with Gasteiger partial charge in [-0.1, -0.05) is 12.1 Å². The molecule has 0 heterocycles. The molecular formula is C14H21NO. The topological polar surface area (TPSA) is 21.3 Å². The molecule has 1 aromatic carbocycles. The molecule has 1 aliphatic rings. The summed E-state index contributed by atoms with van der Waals surface area (Å²) in [5.41, 5.74) is 1.35. The van der Waals surface area contributed by atoms with Crippen molar-refractivity contribution < 1.29 is 4.74 Å². The van der Waals surface area contributed by atoms with Crippen molar-refractivity contribution >= 4 is 0 Å². The van der Waals surface area contributed by atoms with E-state index < -0.39 is 0 Å². The van der Waals surface area contributed by atoms with E-state index in [1.807, 2.05) is 6.07 Å². The smallest absolute Gasteiger partial charge is 0.119 e. The fraction of sp³-hybridized carbons (Fsp3) is 0.571. The average Bonchev–Trinajstić information content (AvgIpc) is 3.01. The van der Waals surface area contributed by atoms with Crippen LogP contribution in [-0.4, -0.2) is 18.7 Å². The summed E-state index contributed by atoms with van der Waals surface area (Å²) in [5.74, 6) is 0.985. The monoisotopic (exact) mass is 219 g/mol. The largest absolute Gasteiger partial charge is 0.491 e. The Morgan fingerprint density at radius 3 is 2.88 bits per heavy atom. The highest BCUT2D eigenvalue weighted by Crippen LogP contribution is 2.19. The lowest BCUT2D eigenvalue weighted by atomic mass is 10.1. The first-order chi connectivity index (χ1) is 7.74. The molecule has 0 bridgehead atoms. The maximum Gasteiger partial charge on any atom is 0.119 e. The molecule has 0 unspecified atom stereocenters. The van der Waals surface area contributed by atoms with Gasteiger partial charge in [0.25, 0.3) is 0 Å². The molecule has 16 heavy (non-hydrogen) atoms. The average molecular weight is 219 g/mol. The van der Waals surface area contributed by atoms with Gasteiger partial charge < -0.3 is 10.1 Å². The SMILES string of the molecule is CC(C)Oc1cccc(CCNC2CC2)c1. The van der Waals surface area contributed by atoms with Gasteiger partial charge in [-0.2, -0.15) is 0 Å². The van der Waals surface area contributed by atoms with Crippen molar-refractivity contribution in [1.82, 2.24) is 5.32 Å². The van der Waals surface area contributed by atoms with Crippen LogP contribution in [-0.2, 0) is 6.42 Å². The number of rotatable bonds is 6. The molecule has 0 aliphatic heterocycles. The third-order valence-electron chi connectivity index (χ3n) is 2.69. The molecule has 0 amide bonds. The quantitative estimate of drug-likeness (QED) is 0.794. The second-order valence-electron chi connectivity index (χ2n) is 4.79. The van der Waals surface area contributed by atoms with E-state index in [-0.39, 0.29) is 6.10 Å². The minimum absolute atomic E-state index is 0.250. The zero-order chi connectivity index (χ0) is 11.4. The van der Waals surface area contributed by atoms with Crippen molar-refractivity contribution in [2.24, 2.45) is 0 Å². The minimum Gasteiger partial charge on any atom is -0.491 e. The molecular weight excluding hydrogens is 198 g/mol. The van der Waals surface area contributed by atoms with Gasteiger partial charge in [0.05, 0.1) is 6.10 Å². The van der Waals surface area contributed by atoms with E-state index in [0.29, 0.717) is 0 Å². The Hall–Kier alpha value is -1.02. The Kier molecular flexibility index (Phi) is 3.83. The van der Waals surface area contributed by atoms with E-state index in [1.54, 1.807) is 0 Å². The molecule has 1 aromatic rings. The van der Waals surface area contributed by atoms with Gasteiger partial charge in [0.1, 0.15) is 5.75 Å². The first kappa shape index (κ1) is 11.5. The molecule has 1 fully saturated rings. The summed E-state index contributed by atoms with van der Waals surface area (Å²) >= 11 is 0. The van der Waals surface area contributed by atoms with Crippen LogP contribution in [0.4, 0.5) is 0 Å². The summed E-state index contributed by atoms with van der Waals surface area (Å²) in [5, 5.41) is 3.52. The molecule has 0 aromatic heterocycles. The van der Waals surface area contributed by atoms with Gasteiger partial charge in [-0.3, -0.25) is 0 Å². The predicted molar refractivity (Wildman–Crippen MR) is 66.9 cm³/mol. The third kappa shape index (κ3) is 3.86. The van der Waals surface area contributed by atoms with Gasteiger partial charge in [-0.05, 0) is 57.4 Å². The molecule has 88 valence electrons. The molecule has 2 nitrogen and oxygen atoms in total. The Morgan fingerprint density at radius 1 is 1.38 bits per heavy atom. The van der Waals surface area contributed by atoms with E-state index >= 15 is 0 Å². The highest BCUT2D eigenvalue weighted by Gasteiger charge is 2.19. The van der Waals surface area contributed by atoms with Crippen LogP contribution in [0.1, 0.15) is 32.3 Å². The summed E-state index contributed by atoms with van der Waals surface area (Å²) in [6.45, 7) is 5.19. The molecule has 1 saturated carbocycles. The zero-order valence-corrected chi connectivity index (χ0v) is 10.2. The van der Waals surface area contributed by atoms with Crippen LogP contribution >= 0.6 is 0 Å². The fourth-order valence-corrected chi connectivity index (χ4v) is 1.75. The number of ether oxygens (including phenoxy) is 1. The lowest BCUT2D eigenvalue weighted by molar-refractivity contribution is 0.242. The zero-order valence-electron chi connectivity index (χ0n) is 10.2. The fourth-order valence-electron chi connectivity index (χ4n) is 1.75. The van der Waals surface area contributed by atoms with E-state index in [2.05, 4.69) is 37.4 Å². The number of benzene rings is 1. The van der Waals surface area contributed by atoms with E-state index in [1.165, 1.54) is 18.4 Å². The Balaban J connectivity index is 1.82. The summed E-state index contributed by atoms with van der Waals surface area (Å²) in [6, 6.07) is 9.22. The molecule has 0 radical (unpaired) electrons. The third-order valence-corrected chi connectivity index (χ3v) is 2.69. The van der Waals surface area contributed by atoms with Crippen molar-refractivity contribution in [3.05, 3.63) is 29.8 Å². The van der Waals surface area contributed by atoms with Gasteiger partial charge in [0.2, 0.25) is 0 Å². The first-order valence-corrected chi connectivity index (χ1v) is 6.23. The minimum atomic E-state index is 0.250. The molecule has 0 saturated heterocycles. The van der Waals surface area contributed by atoms with Crippen LogP contribution in [0.2, 0.25) is 0 Å². The van der Waals surface area contributed by atoms with Crippen LogP contribution in [0.3, 0.4) is 0 Å². The first-order valence-electron chi connectivity index (χ1n) is 6.23. The lowest BCUT2D eigenvalue weighted by Gasteiger charge is -2.11. The van der Waals surface area contributed by atoms with Crippen LogP contribution in [0.25, 0.3) is 0 Å². The van der Waals surface area contributed by atoms with Gasteiger partial charge in [-0.15, -0.1) is 0 Å². The summed E-state index contributed by atoms with van der Waals surface area (Å²) in [4.78, 5) is 0. The Bertz CT molecular complexity index is 331. The number of hydrogen-bond acceptors (Lipinski definition) is 2. The van der Waals surface area contributed by atoms with Crippen LogP contribution < -0.4 is 10.1 Å². The Morgan fingerprint density at radius 2 is 2.19 bits per heavy atom. The van der Waals surface area contributed by atoms with Crippen molar-refractivity contribution in [2.75, 3.05) is 6.54 Å². The maximum absolute atomic E-state index is 5.67. The van der Waals surface area contributed by atoms with Gasteiger partial charge in [0.15, 0.2) is 0 Å². The number of hydrogen-bond donors (Lipinski definition) is 1. The van der Waals surface area contributed by atoms with Gasteiger partial charge in [-0.25, -0.2) is 0 Å². The van der Waals surface area contributed by atoms with E-state index in [0.717, 1.165) is 24.8 Å². The molecule has 0 spiro atoms. The standard InChI is InChI=1S/C14H21NO/c1-11(2)16-14-5-3-4-12(10-14)8-9-15-13-6-7-13/h3-5,10-11,13,15H,6-9H2,1-2H3. The number of nitrogens with one attached hydrogen (secondary N) is 1. The van der Waals surface area contributed by atoms with Crippen LogP contribution in [0.5, 0.6) is 5.75 Å². The molecule has 2 rings (SSSR count). The van der Waals surface area contributed by atoms with Gasteiger partial charge >= 0.3 is 0 Å². The van der Waals surface area contributed by atoms with E-state index in [4.69, 9.17) is 4.74 Å². The predicted octanol–water partition coefficient (Wildman–Crippen LogP) is 2.77. The van der Waals surface area contributed by atoms with Crippen molar-refractivity contribution in [3.8, 4) is 5.75 Å². The van der Waals surface area contributed by atoms with Gasteiger partial charge in [0, 0.05) is 6.04 Å². The van der Waals surface area contributed by atoms with Crippen molar-refractivity contribution in [2.45, 2.75) is 45.3 Å². The molecule has 1 aliphatic carbocycles. The van der Waals surface area contributed by atoms with Crippen molar-refractivity contribution in [3.63, 3.8) is 0 Å². The molecule has 1 N–H and O–H groups in total. The summed E-state index contributed by atoms with van der Waals surface area (Å²) in [7, 11) is 0. The maximum atomic E-state index is 5.67. The van der Waals surface area contributed by atoms with E-state index in [9.17, 15) is 0 Å². The Labute approximate surface area is 98.0 Å². The summed E-state index contributed by atoms with van der Waals surface area (Å²) < 4.78 is 5.67. The van der Waals surface area contributed by atoms with Crippen LogP contribution in [0, 0.1) is 0 Å². The second-order valence-corrected chi connectivity index (χ2v) is 4.79.